The SMILES string of the molecule is C#CCC(C)(C)[N+](C)(C)C. The lowest BCUT2D eigenvalue weighted by molar-refractivity contribution is -0.919. The molecule has 0 saturated carbocycles. The highest BCUT2D eigenvalue weighted by Crippen LogP contribution is 2.20. The molecule has 0 unspecified atom stereocenters. The molecular weight excluding hydrogens is 122 g/mol. The van der Waals surface area contributed by atoms with Crippen LogP contribution in [-0.2, 0) is 0 Å². The van der Waals surface area contributed by atoms with Crippen molar-refractivity contribution in [2.45, 2.75) is 25.8 Å². The molecule has 1 heteroatoms. The predicted molar refractivity (Wildman–Crippen MR) is 45.6 cm³/mol. The Kier molecular flexibility index (Phi) is 2.51. The summed E-state index contributed by atoms with van der Waals surface area (Å²) in [6, 6.07) is 0. The van der Waals surface area contributed by atoms with E-state index in [0.717, 1.165) is 10.9 Å². The molecule has 0 rings (SSSR count). The van der Waals surface area contributed by atoms with E-state index in [1.807, 2.05) is 0 Å². The van der Waals surface area contributed by atoms with Gasteiger partial charge in [-0.25, -0.2) is 0 Å². The summed E-state index contributed by atoms with van der Waals surface area (Å²) >= 11 is 0. The van der Waals surface area contributed by atoms with Gasteiger partial charge in [0.1, 0.15) is 5.54 Å². The summed E-state index contributed by atoms with van der Waals surface area (Å²) in [5, 5.41) is 0. The average Bonchev–Trinajstić information content (AvgIpc) is 1.61. The second kappa shape index (κ2) is 2.64. The molecule has 10 heavy (non-hydrogen) atoms. The second-order valence-corrected chi connectivity index (χ2v) is 4.21. The maximum absolute atomic E-state index is 5.25. The van der Waals surface area contributed by atoms with Crippen molar-refractivity contribution in [3.05, 3.63) is 0 Å². The molecule has 0 saturated heterocycles. The van der Waals surface area contributed by atoms with Crippen LogP contribution in [0.1, 0.15) is 20.3 Å². The van der Waals surface area contributed by atoms with Crippen molar-refractivity contribution < 1.29 is 4.48 Å². The monoisotopic (exact) mass is 140 g/mol. The third kappa shape index (κ3) is 2.04. The van der Waals surface area contributed by atoms with Gasteiger partial charge in [0, 0.05) is 0 Å². The Morgan fingerprint density at radius 1 is 1.30 bits per heavy atom. The molecule has 1 nitrogen and oxygen atoms in total. The molecule has 0 N–H and O–H groups in total. The normalized spacial score (nSPS) is 12.8. The van der Waals surface area contributed by atoms with E-state index in [9.17, 15) is 0 Å². The molecule has 0 aliphatic rings. The Balaban J connectivity index is 4.28. The number of rotatable bonds is 2. The van der Waals surface area contributed by atoms with Crippen LogP contribution in [0.15, 0.2) is 0 Å². The van der Waals surface area contributed by atoms with Crippen LogP contribution >= 0.6 is 0 Å². The maximum Gasteiger partial charge on any atom is 0.104 e. The van der Waals surface area contributed by atoms with Gasteiger partial charge in [-0.3, -0.25) is 0 Å². The van der Waals surface area contributed by atoms with Crippen molar-refractivity contribution in [1.82, 2.24) is 0 Å². The number of terminal acetylenes is 1. The van der Waals surface area contributed by atoms with Gasteiger partial charge in [0.25, 0.3) is 0 Å². The minimum atomic E-state index is 0.189. The van der Waals surface area contributed by atoms with Gasteiger partial charge in [-0.2, -0.15) is 0 Å². The molecule has 0 radical (unpaired) electrons. The van der Waals surface area contributed by atoms with Crippen molar-refractivity contribution in [2.24, 2.45) is 0 Å². The van der Waals surface area contributed by atoms with Gasteiger partial charge in [-0.05, 0) is 13.8 Å². The highest BCUT2D eigenvalue weighted by molar-refractivity contribution is 4.91. The number of quaternary nitrogens is 1. The first-order chi connectivity index (χ1) is 4.31. The first kappa shape index (κ1) is 9.52. The van der Waals surface area contributed by atoms with Crippen molar-refractivity contribution in [3.8, 4) is 12.3 Å². The quantitative estimate of drug-likeness (QED) is 0.403. The zero-order valence-electron chi connectivity index (χ0n) is 7.73. The van der Waals surface area contributed by atoms with Crippen LogP contribution in [0, 0.1) is 12.3 Å². The highest BCUT2D eigenvalue weighted by Gasteiger charge is 2.31. The second-order valence-electron chi connectivity index (χ2n) is 4.21. The zero-order chi connectivity index (χ0) is 8.41. The van der Waals surface area contributed by atoms with Crippen LogP contribution in [0.2, 0.25) is 0 Å². The molecule has 0 heterocycles. The molecule has 0 bridgehead atoms. The fourth-order valence-corrected chi connectivity index (χ4v) is 0.487. The predicted octanol–water partition coefficient (Wildman–Crippen LogP) is 1.49. The molecule has 0 aromatic carbocycles. The lowest BCUT2D eigenvalue weighted by Crippen LogP contribution is -2.52. The van der Waals surface area contributed by atoms with E-state index in [-0.39, 0.29) is 5.54 Å². The topological polar surface area (TPSA) is 0 Å². The fourth-order valence-electron chi connectivity index (χ4n) is 0.487. The largest absolute Gasteiger partial charge is 0.326 e. The molecule has 0 aromatic heterocycles. The van der Waals surface area contributed by atoms with Crippen molar-refractivity contribution in [3.63, 3.8) is 0 Å². The summed E-state index contributed by atoms with van der Waals surface area (Å²) in [4.78, 5) is 0. The van der Waals surface area contributed by atoms with Crippen LogP contribution in [0.25, 0.3) is 0 Å². The van der Waals surface area contributed by atoms with E-state index < -0.39 is 0 Å². The summed E-state index contributed by atoms with van der Waals surface area (Å²) in [5.74, 6) is 2.70. The van der Waals surface area contributed by atoms with Crippen molar-refractivity contribution >= 4 is 0 Å². The third-order valence-corrected chi connectivity index (χ3v) is 2.35. The van der Waals surface area contributed by atoms with Crippen LogP contribution in [-0.4, -0.2) is 31.2 Å². The van der Waals surface area contributed by atoms with E-state index >= 15 is 0 Å². The molecule has 0 aliphatic heterocycles. The average molecular weight is 140 g/mol. The van der Waals surface area contributed by atoms with Gasteiger partial charge in [0.05, 0.1) is 27.6 Å². The van der Waals surface area contributed by atoms with Gasteiger partial charge >= 0.3 is 0 Å². The molecule has 58 valence electrons. The number of nitrogens with zero attached hydrogens (tertiary/aromatic N) is 1. The van der Waals surface area contributed by atoms with Crippen LogP contribution in [0.4, 0.5) is 0 Å². The van der Waals surface area contributed by atoms with Gasteiger partial charge in [-0.1, -0.05) is 0 Å². The first-order valence-electron chi connectivity index (χ1n) is 3.56. The minimum Gasteiger partial charge on any atom is -0.326 e. The maximum atomic E-state index is 5.25. The fraction of sp³-hybridized carbons (Fsp3) is 0.778. The summed E-state index contributed by atoms with van der Waals surface area (Å²) < 4.78 is 0.914. The van der Waals surface area contributed by atoms with Crippen molar-refractivity contribution in [1.29, 1.82) is 0 Å². The summed E-state index contributed by atoms with van der Waals surface area (Å²) in [5.41, 5.74) is 0.189. The van der Waals surface area contributed by atoms with E-state index in [1.165, 1.54) is 0 Å². The summed E-state index contributed by atoms with van der Waals surface area (Å²) in [7, 11) is 6.49. The Morgan fingerprint density at radius 2 is 1.70 bits per heavy atom. The van der Waals surface area contributed by atoms with Gasteiger partial charge in [0.2, 0.25) is 0 Å². The molecule has 0 fully saturated rings. The summed E-state index contributed by atoms with van der Waals surface area (Å²) in [6.45, 7) is 4.37. The van der Waals surface area contributed by atoms with Gasteiger partial charge < -0.3 is 4.48 Å². The Morgan fingerprint density at radius 3 is 1.80 bits per heavy atom. The smallest absolute Gasteiger partial charge is 0.104 e. The molecular formula is C9H18N+. The Hall–Kier alpha value is -0.480. The Labute approximate surface area is 64.6 Å². The van der Waals surface area contributed by atoms with Crippen LogP contribution < -0.4 is 0 Å². The van der Waals surface area contributed by atoms with E-state index in [4.69, 9.17) is 6.42 Å². The lowest BCUT2D eigenvalue weighted by atomic mass is 9.97. The van der Waals surface area contributed by atoms with E-state index in [2.05, 4.69) is 40.9 Å². The number of hydrogen-bond acceptors (Lipinski definition) is 0. The van der Waals surface area contributed by atoms with E-state index in [0.29, 0.717) is 0 Å². The molecule has 0 aliphatic carbocycles. The number of hydrogen-bond donors (Lipinski definition) is 0. The molecule has 0 atom stereocenters. The Bertz CT molecular complexity index is 143. The van der Waals surface area contributed by atoms with Crippen LogP contribution in [0.5, 0.6) is 0 Å². The van der Waals surface area contributed by atoms with Gasteiger partial charge in [0.15, 0.2) is 0 Å². The standard InChI is InChI=1S/C9H18N/c1-7-8-9(2,3)10(4,5)6/h1H,8H2,2-6H3/q+1. The van der Waals surface area contributed by atoms with E-state index in [1.54, 1.807) is 0 Å². The lowest BCUT2D eigenvalue weighted by Gasteiger charge is -2.40. The van der Waals surface area contributed by atoms with Gasteiger partial charge in [-0.15, -0.1) is 12.3 Å². The summed E-state index contributed by atoms with van der Waals surface area (Å²) in [6.07, 6.45) is 6.08. The zero-order valence-corrected chi connectivity index (χ0v) is 7.73. The highest BCUT2D eigenvalue weighted by atomic mass is 15.3. The minimum absolute atomic E-state index is 0.189. The van der Waals surface area contributed by atoms with Crippen molar-refractivity contribution in [2.75, 3.05) is 21.1 Å². The third-order valence-electron chi connectivity index (χ3n) is 2.35. The molecule has 0 aromatic rings. The molecule has 0 spiro atoms. The van der Waals surface area contributed by atoms with Crippen LogP contribution in [0.3, 0.4) is 0 Å². The molecule has 0 amide bonds. The first-order valence-corrected chi connectivity index (χ1v) is 3.56.